The van der Waals surface area contributed by atoms with Crippen molar-refractivity contribution < 1.29 is 53.4 Å². The summed E-state index contributed by atoms with van der Waals surface area (Å²) in [7, 11) is 0. The first kappa shape index (κ1) is 32.6. The number of carbonyl (C=O) groups is 1. The maximum atomic E-state index is 14.9. The van der Waals surface area contributed by atoms with Crippen LogP contribution in [0.5, 0.6) is 5.75 Å². The van der Waals surface area contributed by atoms with E-state index >= 15 is 0 Å². The molecular formula is C30H18ClF10NO2. The second kappa shape index (κ2) is 12.4. The molecule has 4 aromatic rings. The predicted molar refractivity (Wildman–Crippen MR) is 139 cm³/mol. The molecule has 1 N–H and O–H groups in total. The van der Waals surface area contributed by atoms with Crippen molar-refractivity contribution in [2.24, 2.45) is 0 Å². The number of halogens is 11. The van der Waals surface area contributed by atoms with Crippen LogP contribution < -0.4 is 10.1 Å². The average Bonchev–Trinajstić information content (AvgIpc) is 2.93. The van der Waals surface area contributed by atoms with Gasteiger partial charge in [-0.1, -0.05) is 48.0 Å². The molecule has 44 heavy (non-hydrogen) atoms. The Bertz CT molecular complexity index is 1660. The molecule has 4 aromatic carbocycles. The molecule has 0 saturated heterocycles. The maximum Gasteiger partial charge on any atom is 0.461 e. The first-order valence-electron chi connectivity index (χ1n) is 12.4. The van der Waals surface area contributed by atoms with Gasteiger partial charge in [0.05, 0.1) is 16.1 Å². The van der Waals surface area contributed by atoms with Gasteiger partial charge in [0.2, 0.25) is 0 Å². The minimum atomic E-state index is -5.20. The highest BCUT2D eigenvalue weighted by molar-refractivity contribution is 6.30. The molecule has 0 heterocycles. The summed E-state index contributed by atoms with van der Waals surface area (Å²) in [4.78, 5) is 13.6. The van der Waals surface area contributed by atoms with E-state index < -0.39 is 81.5 Å². The zero-order chi connectivity index (χ0) is 32.4. The molecule has 1 atom stereocenters. The summed E-state index contributed by atoms with van der Waals surface area (Å²) >= 11 is 6.00. The third-order valence-electron chi connectivity index (χ3n) is 6.46. The van der Waals surface area contributed by atoms with Gasteiger partial charge in [0, 0.05) is 18.1 Å². The number of rotatable bonds is 9. The number of ether oxygens (including phenoxy) is 1. The second-order valence-electron chi connectivity index (χ2n) is 9.48. The Morgan fingerprint density at radius 1 is 0.795 bits per heavy atom. The van der Waals surface area contributed by atoms with Gasteiger partial charge in [-0.3, -0.25) is 4.79 Å². The summed E-state index contributed by atoms with van der Waals surface area (Å²) in [5.74, 6) is -6.32. The minimum absolute atomic E-state index is 0.128. The van der Waals surface area contributed by atoms with E-state index in [2.05, 4.69) is 10.1 Å². The van der Waals surface area contributed by atoms with Crippen LogP contribution in [0.4, 0.5) is 43.9 Å². The molecule has 0 fully saturated rings. The van der Waals surface area contributed by atoms with Crippen molar-refractivity contribution >= 4 is 17.5 Å². The molecule has 0 saturated carbocycles. The number of carbonyl (C=O) groups excluding carboxylic acids is 1. The first-order valence-corrected chi connectivity index (χ1v) is 12.7. The van der Waals surface area contributed by atoms with E-state index in [0.717, 1.165) is 30.3 Å². The molecular weight excluding hydrogens is 632 g/mol. The summed E-state index contributed by atoms with van der Waals surface area (Å²) in [6.45, 7) is 0. The number of benzene rings is 4. The first-order chi connectivity index (χ1) is 20.5. The highest BCUT2D eigenvalue weighted by Gasteiger charge is 2.45. The van der Waals surface area contributed by atoms with Crippen molar-refractivity contribution in [3.8, 4) is 5.75 Å². The molecule has 3 nitrogen and oxygen atoms in total. The Hall–Kier alpha value is -4.26. The van der Waals surface area contributed by atoms with Crippen molar-refractivity contribution in [1.29, 1.82) is 0 Å². The smallest absolute Gasteiger partial charge is 0.428 e. The van der Waals surface area contributed by atoms with Crippen molar-refractivity contribution in [1.82, 2.24) is 5.32 Å². The van der Waals surface area contributed by atoms with Gasteiger partial charge in [-0.25, -0.2) is 13.2 Å². The molecule has 0 spiro atoms. The van der Waals surface area contributed by atoms with E-state index in [1.807, 2.05) is 0 Å². The average molecular weight is 650 g/mol. The van der Waals surface area contributed by atoms with Crippen LogP contribution >= 0.6 is 11.6 Å². The van der Waals surface area contributed by atoms with Gasteiger partial charge in [0.25, 0.3) is 5.91 Å². The topological polar surface area (TPSA) is 38.3 Å². The molecule has 0 aliphatic heterocycles. The predicted octanol–water partition coefficient (Wildman–Crippen LogP) is 8.93. The lowest BCUT2D eigenvalue weighted by atomic mass is 9.77. The van der Waals surface area contributed by atoms with Gasteiger partial charge in [-0.2, -0.15) is 30.7 Å². The van der Waals surface area contributed by atoms with Gasteiger partial charge >= 0.3 is 18.7 Å². The van der Waals surface area contributed by atoms with Crippen LogP contribution in [0, 0.1) is 17.5 Å². The third-order valence-corrected chi connectivity index (χ3v) is 6.75. The van der Waals surface area contributed by atoms with Crippen LogP contribution in [0.25, 0.3) is 0 Å². The van der Waals surface area contributed by atoms with Gasteiger partial charge < -0.3 is 10.1 Å². The highest BCUT2D eigenvalue weighted by Crippen LogP contribution is 2.39. The molecule has 0 aliphatic carbocycles. The van der Waals surface area contributed by atoms with Gasteiger partial charge in [0.15, 0.2) is 0 Å². The normalized spacial score (nSPS) is 13.5. The number of amides is 1. The Labute approximate surface area is 248 Å². The molecule has 4 rings (SSSR count). The van der Waals surface area contributed by atoms with E-state index in [0.29, 0.717) is 23.8 Å². The molecule has 0 aliphatic rings. The van der Waals surface area contributed by atoms with Crippen LogP contribution in [0.3, 0.4) is 0 Å². The summed E-state index contributed by atoms with van der Waals surface area (Å²) in [6, 6.07) is 13.8. The lowest BCUT2D eigenvalue weighted by molar-refractivity contribution is -0.253. The maximum absolute atomic E-state index is 14.9. The molecule has 232 valence electrons. The van der Waals surface area contributed by atoms with E-state index in [1.165, 1.54) is 12.1 Å². The molecule has 1 amide bonds. The molecule has 0 aromatic heterocycles. The van der Waals surface area contributed by atoms with E-state index in [-0.39, 0.29) is 11.6 Å². The van der Waals surface area contributed by atoms with Gasteiger partial charge in [-0.05, 0) is 59.2 Å². The van der Waals surface area contributed by atoms with E-state index in [9.17, 15) is 48.7 Å². The van der Waals surface area contributed by atoms with E-state index in [1.54, 1.807) is 18.2 Å². The summed E-state index contributed by atoms with van der Waals surface area (Å²) in [6.07, 6.45) is -15.0. The summed E-state index contributed by atoms with van der Waals surface area (Å²) in [5, 5.41) is 1.92. The molecule has 0 radical (unpaired) electrons. The monoisotopic (exact) mass is 649 g/mol. The zero-order valence-corrected chi connectivity index (χ0v) is 22.6. The fourth-order valence-corrected chi connectivity index (χ4v) is 4.62. The van der Waals surface area contributed by atoms with Crippen LogP contribution in [-0.2, 0) is 18.1 Å². The number of hydrogen-bond acceptors (Lipinski definition) is 2. The summed E-state index contributed by atoms with van der Waals surface area (Å²) in [5.41, 5.74) is -4.86. The SMILES string of the molecule is O=C(N[C@@](Cc1ccccc1)(c1cc(F)cc(OC(F)(F)C(F)F)c1)c1ccc(F)c(Cl)c1)c1ccc(F)c(C(F)(F)F)c1. The summed E-state index contributed by atoms with van der Waals surface area (Å²) < 4.78 is 141. The van der Waals surface area contributed by atoms with Crippen LogP contribution in [0.2, 0.25) is 5.02 Å². The quantitative estimate of drug-likeness (QED) is 0.184. The highest BCUT2D eigenvalue weighted by atomic mass is 35.5. The Morgan fingerprint density at radius 3 is 2.07 bits per heavy atom. The number of nitrogens with one attached hydrogen (secondary N) is 1. The fraction of sp³-hybridized carbons (Fsp3) is 0.167. The van der Waals surface area contributed by atoms with Crippen molar-refractivity contribution in [2.45, 2.75) is 30.7 Å². The van der Waals surface area contributed by atoms with Crippen molar-refractivity contribution in [3.63, 3.8) is 0 Å². The molecule has 0 unspecified atom stereocenters. The van der Waals surface area contributed by atoms with E-state index in [4.69, 9.17) is 11.6 Å². The fourth-order valence-electron chi connectivity index (χ4n) is 4.44. The Morgan fingerprint density at radius 2 is 1.45 bits per heavy atom. The Balaban J connectivity index is 1.99. The number of hydrogen-bond donors (Lipinski definition) is 1. The van der Waals surface area contributed by atoms with Crippen molar-refractivity contribution in [3.05, 3.63) is 135 Å². The largest absolute Gasteiger partial charge is 0.461 e. The Kier molecular flexibility index (Phi) is 9.19. The van der Waals surface area contributed by atoms with Crippen LogP contribution in [-0.4, -0.2) is 18.4 Å². The standard InChI is InChI=1S/C30H18ClF10NO2/c31-23-13-18(7-9-25(23)34)28(15-16-4-2-1-3-5-16,19-11-20(32)14-21(12-19)44-30(40,41)27(35)36)42-26(43)17-6-8-24(33)22(10-17)29(37,38)39/h1-14,27H,15H2,(H,42,43)/t28-/m1/s1. The van der Waals surface area contributed by atoms with Crippen molar-refractivity contribution in [2.75, 3.05) is 0 Å². The molecule has 0 bridgehead atoms. The lowest BCUT2D eigenvalue weighted by Crippen LogP contribution is -2.49. The van der Waals surface area contributed by atoms with Gasteiger partial charge in [-0.15, -0.1) is 0 Å². The third kappa shape index (κ3) is 7.09. The van der Waals surface area contributed by atoms with Crippen LogP contribution in [0.15, 0.2) is 84.9 Å². The number of alkyl halides is 7. The molecule has 14 heteroatoms. The lowest BCUT2D eigenvalue weighted by Gasteiger charge is -2.37. The second-order valence-corrected chi connectivity index (χ2v) is 9.89. The minimum Gasteiger partial charge on any atom is -0.428 e. The zero-order valence-electron chi connectivity index (χ0n) is 21.8. The van der Waals surface area contributed by atoms with Crippen LogP contribution in [0.1, 0.15) is 32.6 Å². The van der Waals surface area contributed by atoms with Gasteiger partial charge in [0.1, 0.15) is 23.2 Å².